The molecule has 0 aromatic carbocycles. The van der Waals surface area contributed by atoms with E-state index in [4.69, 9.17) is 9.88 Å². The van der Waals surface area contributed by atoms with Gasteiger partial charge in [0.25, 0.3) is 0 Å². The SMILES string of the molecule is CCCC(OC(CCC)C(CC)(CC)S(N)(=O)=O)C(CC)(CC)C(C)CO. The molecule has 0 rings (SSSR count). The summed E-state index contributed by atoms with van der Waals surface area (Å²) >= 11 is 0. The zero-order valence-electron chi connectivity index (χ0n) is 18.8. The second kappa shape index (κ2) is 11.7. The fourth-order valence-corrected chi connectivity index (χ4v) is 6.21. The molecule has 0 spiro atoms. The Morgan fingerprint density at radius 2 is 1.33 bits per heavy atom. The molecular weight excluding hydrogens is 362 g/mol. The van der Waals surface area contributed by atoms with E-state index in [-0.39, 0.29) is 24.0 Å². The summed E-state index contributed by atoms with van der Waals surface area (Å²) in [5.41, 5.74) is -0.178. The van der Waals surface area contributed by atoms with Crippen LogP contribution in [-0.4, -0.2) is 37.1 Å². The van der Waals surface area contributed by atoms with Crippen molar-refractivity contribution in [1.82, 2.24) is 0 Å². The van der Waals surface area contributed by atoms with Gasteiger partial charge in [-0.1, -0.05) is 61.3 Å². The average molecular weight is 408 g/mol. The molecule has 0 aliphatic rings. The summed E-state index contributed by atoms with van der Waals surface area (Å²) < 4.78 is 30.9. The number of nitrogens with two attached hydrogens (primary N) is 1. The molecule has 0 amide bonds. The highest BCUT2D eigenvalue weighted by molar-refractivity contribution is 7.90. The molecule has 0 saturated heterocycles. The minimum absolute atomic E-state index is 0.0819. The van der Waals surface area contributed by atoms with Crippen LogP contribution in [-0.2, 0) is 14.8 Å². The second-order valence-corrected chi connectivity index (χ2v) is 9.93. The monoisotopic (exact) mass is 407 g/mol. The summed E-state index contributed by atoms with van der Waals surface area (Å²) in [6.07, 6.45) is 5.40. The minimum Gasteiger partial charge on any atom is -0.396 e. The quantitative estimate of drug-likeness (QED) is 0.414. The summed E-state index contributed by atoms with van der Waals surface area (Å²) in [6, 6.07) is 0. The molecule has 0 fully saturated rings. The van der Waals surface area contributed by atoms with Crippen molar-refractivity contribution in [3.8, 4) is 0 Å². The molecular formula is C21H45NO4S. The van der Waals surface area contributed by atoms with E-state index < -0.39 is 20.9 Å². The van der Waals surface area contributed by atoms with Gasteiger partial charge in [-0.15, -0.1) is 0 Å². The van der Waals surface area contributed by atoms with E-state index in [0.29, 0.717) is 19.3 Å². The summed E-state index contributed by atoms with van der Waals surface area (Å²) in [5.74, 6) is 0.0819. The molecule has 0 bridgehead atoms. The highest BCUT2D eigenvalue weighted by Gasteiger charge is 2.49. The molecule has 3 unspecified atom stereocenters. The van der Waals surface area contributed by atoms with Crippen molar-refractivity contribution < 1.29 is 18.3 Å². The van der Waals surface area contributed by atoms with Crippen molar-refractivity contribution in [3.05, 3.63) is 0 Å². The van der Waals surface area contributed by atoms with Gasteiger partial charge < -0.3 is 9.84 Å². The number of ether oxygens (including phenoxy) is 1. The van der Waals surface area contributed by atoms with Gasteiger partial charge in [-0.05, 0) is 44.4 Å². The number of sulfonamides is 1. The van der Waals surface area contributed by atoms with Crippen LogP contribution in [0.3, 0.4) is 0 Å². The highest BCUT2D eigenvalue weighted by Crippen LogP contribution is 2.44. The van der Waals surface area contributed by atoms with E-state index in [1.807, 2.05) is 20.8 Å². The first-order chi connectivity index (χ1) is 12.6. The van der Waals surface area contributed by atoms with Crippen LogP contribution in [0.15, 0.2) is 0 Å². The van der Waals surface area contributed by atoms with E-state index >= 15 is 0 Å². The van der Waals surface area contributed by atoms with Crippen LogP contribution in [0, 0.1) is 11.3 Å². The van der Waals surface area contributed by atoms with Crippen molar-refractivity contribution in [2.75, 3.05) is 6.61 Å². The largest absolute Gasteiger partial charge is 0.396 e. The van der Waals surface area contributed by atoms with E-state index in [0.717, 1.165) is 32.1 Å². The van der Waals surface area contributed by atoms with Crippen molar-refractivity contribution >= 4 is 10.0 Å². The van der Waals surface area contributed by atoms with E-state index in [1.165, 1.54) is 0 Å². The second-order valence-electron chi connectivity index (χ2n) is 8.03. The Kier molecular flexibility index (Phi) is 11.7. The minimum atomic E-state index is -3.77. The van der Waals surface area contributed by atoms with E-state index in [2.05, 4.69) is 27.7 Å². The van der Waals surface area contributed by atoms with Crippen molar-refractivity contribution in [3.63, 3.8) is 0 Å². The third-order valence-corrected chi connectivity index (χ3v) is 8.97. The maximum absolute atomic E-state index is 12.6. The zero-order valence-corrected chi connectivity index (χ0v) is 19.6. The molecule has 0 radical (unpaired) electrons. The maximum atomic E-state index is 12.6. The van der Waals surface area contributed by atoms with Gasteiger partial charge in [0, 0.05) is 12.0 Å². The molecule has 6 heteroatoms. The van der Waals surface area contributed by atoms with Crippen LogP contribution in [0.1, 0.15) is 99.8 Å². The molecule has 164 valence electrons. The fraction of sp³-hybridized carbons (Fsp3) is 1.00. The van der Waals surface area contributed by atoms with Crippen molar-refractivity contribution in [2.24, 2.45) is 16.5 Å². The van der Waals surface area contributed by atoms with Gasteiger partial charge in [-0.25, -0.2) is 13.6 Å². The molecule has 27 heavy (non-hydrogen) atoms. The summed E-state index contributed by atoms with van der Waals surface area (Å²) in [6.45, 7) is 14.4. The zero-order chi connectivity index (χ0) is 21.3. The summed E-state index contributed by atoms with van der Waals surface area (Å²) in [7, 11) is -3.77. The third kappa shape index (κ3) is 5.68. The molecule has 3 N–H and O–H groups in total. The van der Waals surface area contributed by atoms with E-state index in [9.17, 15) is 13.5 Å². The molecule has 0 aliphatic heterocycles. The Morgan fingerprint density at radius 3 is 1.63 bits per heavy atom. The van der Waals surface area contributed by atoms with Crippen molar-refractivity contribution in [1.29, 1.82) is 0 Å². The molecule has 0 aromatic heterocycles. The number of rotatable bonds is 15. The molecule has 0 saturated carbocycles. The van der Waals surface area contributed by atoms with Crippen molar-refractivity contribution in [2.45, 2.75) is 117 Å². The van der Waals surface area contributed by atoms with Gasteiger partial charge in [-0.2, -0.15) is 0 Å². The topological polar surface area (TPSA) is 89.6 Å². The first kappa shape index (κ1) is 26.8. The van der Waals surface area contributed by atoms with Crippen LogP contribution in [0.25, 0.3) is 0 Å². The van der Waals surface area contributed by atoms with Gasteiger partial charge in [0.2, 0.25) is 10.0 Å². The molecule has 0 heterocycles. The first-order valence-electron chi connectivity index (χ1n) is 10.9. The number of aliphatic hydroxyl groups is 1. The standard InChI is InChI=1S/C21H45NO4S/c1-8-14-18(20(10-3,11-4)17(7)16-23)26-19(15-9-2)21(12-5,13-6)27(22,24)25/h17-19,23H,8-16H2,1-7H3,(H2,22,24,25). The van der Waals surface area contributed by atoms with E-state index in [1.54, 1.807) is 0 Å². The van der Waals surface area contributed by atoms with Gasteiger partial charge in [-0.3, -0.25) is 0 Å². The third-order valence-electron chi connectivity index (χ3n) is 6.99. The highest BCUT2D eigenvalue weighted by atomic mass is 32.2. The summed E-state index contributed by atoms with van der Waals surface area (Å²) in [5, 5.41) is 15.6. The van der Waals surface area contributed by atoms with Crippen LogP contribution in [0.2, 0.25) is 0 Å². The van der Waals surface area contributed by atoms with Gasteiger partial charge in [0.1, 0.15) is 4.75 Å². The summed E-state index contributed by atoms with van der Waals surface area (Å²) in [4.78, 5) is 0. The lowest BCUT2D eigenvalue weighted by Crippen LogP contribution is -2.56. The number of aliphatic hydroxyl groups excluding tert-OH is 1. The smallest absolute Gasteiger partial charge is 0.217 e. The lowest BCUT2D eigenvalue weighted by atomic mass is 9.67. The maximum Gasteiger partial charge on any atom is 0.217 e. The van der Waals surface area contributed by atoms with Gasteiger partial charge >= 0.3 is 0 Å². The normalized spacial score (nSPS) is 16.9. The Labute approximate surface area is 168 Å². The number of hydrogen-bond donors (Lipinski definition) is 2. The molecule has 0 aromatic rings. The first-order valence-corrected chi connectivity index (χ1v) is 12.4. The van der Waals surface area contributed by atoms with Crippen LogP contribution in [0.4, 0.5) is 0 Å². The Morgan fingerprint density at radius 1 is 0.889 bits per heavy atom. The van der Waals surface area contributed by atoms with Crippen LogP contribution < -0.4 is 5.14 Å². The van der Waals surface area contributed by atoms with Gasteiger partial charge in [0.15, 0.2) is 0 Å². The molecule has 0 aliphatic carbocycles. The molecule has 5 nitrogen and oxygen atoms in total. The molecule has 3 atom stereocenters. The van der Waals surface area contributed by atoms with Crippen LogP contribution >= 0.6 is 0 Å². The van der Waals surface area contributed by atoms with Crippen LogP contribution in [0.5, 0.6) is 0 Å². The predicted octanol–water partition coefficient (Wildman–Crippen LogP) is 4.62. The number of primary sulfonamides is 1. The number of hydrogen-bond acceptors (Lipinski definition) is 4. The lowest BCUT2D eigenvalue weighted by Gasteiger charge is -2.48. The Balaban J connectivity index is 6.22. The van der Waals surface area contributed by atoms with Gasteiger partial charge in [0.05, 0.1) is 12.2 Å². The fourth-order valence-electron chi connectivity index (χ4n) is 4.86. The Bertz CT molecular complexity index is 498. The Hall–Kier alpha value is -0.170. The predicted molar refractivity (Wildman–Crippen MR) is 114 cm³/mol. The lowest BCUT2D eigenvalue weighted by molar-refractivity contribution is -0.131. The average Bonchev–Trinajstić information content (AvgIpc) is 2.63.